The van der Waals surface area contributed by atoms with Crippen LogP contribution in [-0.4, -0.2) is 48.5 Å². The molecule has 2 bridgehead atoms. The van der Waals surface area contributed by atoms with Gasteiger partial charge in [-0.1, -0.05) is 12.1 Å². The molecule has 1 aromatic heterocycles. The van der Waals surface area contributed by atoms with Gasteiger partial charge in [-0.15, -0.1) is 0 Å². The molecule has 3 saturated heterocycles. The molecule has 5 heteroatoms. The number of carbonyl (C=O) groups excluding carboxylic acids is 1. The van der Waals surface area contributed by atoms with Gasteiger partial charge in [0, 0.05) is 32.2 Å². The first-order chi connectivity index (χ1) is 12.7. The van der Waals surface area contributed by atoms with Crippen LogP contribution in [0.4, 0.5) is 0 Å². The number of benzene rings is 1. The molecule has 138 valence electrons. The van der Waals surface area contributed by atoms with Crippen LogP contribution in [0.2, 0.25) is 0 Å². The molecule has 4 heterocycles. The molecular weight excluding hydrogens is 344 g/mol. The summed E-state index contributed by atoms with van der Waals surface area (Å²) in [5.41, 5.74) is 2.46. The molecule has 2 atom stereocenters. The summed E-state index contributed by atoms with van der Waals surface area (Å²) in [5, 5.41) is 4.14. The number of fused-ring (bicyclic) bond motifs is 4. The van der Waals surface area contributed by atoms with Crippen LogP contribution in [0.15, 0.2) is 41.1 Å². The first kappa shape index (κ1) is 17.6. The van der Waals surface area contributed by atoms with E-state index in [1.165, 1.54) is 12.0 Å². The van der Waals surface area contributed by atoms with Gasteiger partial charge in [0.15, 0.2) is 0 Å². The Labute approximate surface area is 159 Å². The Morgan fingerprint density at radius 2 is 1.96 bits per heavy atom. The average molecular weight is 371 g/mol. The van der Waals surface area contributed by atoms with Gasteiger partial charge in [0.25, 0.3) is 0 Å². The van der Waals surface area contributed by atoms with Crippen molar-refractivity contribution in [1.82, 2.24) is 9.80 Å². The maximum Gasteiger partial charge on any atom is 0.227 e. The molecular formula is C21H26N2O2S. The first-order valence-electron chi connectivity index (χ1n) is 9.37. The standard InChI is InChI=1S/C21H26N2O2S/c1-25-20-6-3-16(4-7-20)11-22-12-18-2-5-19(14-22)23(13-18)21(24)10-17-8-9-26-15-17/h3-4,6-9,15,18-19H,2,5,10-14H2,1H3/t18-,19+/m1/s1. The van der Waals surface area contributed by atoms with E-state index in [-0.39, 0.29) is 0 Å². The summed E-state index contributed by atoms with van der Waals surface area (Å²) in [6.45, 7) is 3.94. The Kier molecular flexibility index (Phi) is 5.27. The number of hydrogen-bond donors (Lipinski definition) is 0. The molecule has 2 aromatic rings. The maximum atomic E-state index is 12.8. The molecule has 0 saturated carbocycles. The van der Waals surface area contributed by atoms with Crippen LogP contribution < -0.4 is 4.74 Å². The van der Waals surface area contributed by atoms with Crippen molar-refractivity contribution in [2.24, 2.45) is 5.92 Å². The van der Waals surface area contributed by atoms with E-state index in [4.69, 9.17) is 4.74 Å². The largest absolute Gasteiger partial charge is 0.497 e. The summed E-state index contributed by atoms with van der Waals surface area (Å²) in [4.78, 5) is 17.5. The lowest BCUT2D eigenvalue weighted by molar-refractivity contribution is -0.134. The minimum absolute atomic E-state index is 0.296. The van der Waals surface area contributed by atoms with Crippen molar-refractivity contribution in [3.63, 3.8) is 0 Å². The Balaban J connectivity index is 1.41. The molecule has 3 aliphatic heterocycles. The summed E-state index contributed by atoms with van der Waals surface area (Å²) in [7, 11) is 1.70. The molecule has 0 unspecified atom stereocenters. The van der Waals surface area contributed by atoms with Gasteiger partial charge in [0.05, 0.1) is 13.5 Å². The number of carbonyl (C=O) groups is 1. The van der Waals surface area contributed by atoms with E-state index in [9.17, 15) is 4.79 Å². The summed E-state index contributed by atoms with van der Waals surface area (Å²) in [6.07, 6.45) is 2.93. The quantitative estimate of drug-likeness (QED) is 0.808. The molecule has 3 aliphatic rings. The van der Waals surface area contributed by atoms with Gasteiger partial charge in [-0.05, 0) is 58.8 Å². The zero-order valence-corrected chi connectivity index (χ0v) is 16.1. The molecule has 26 heavy (non-hydrogen) atoms. The Morgan fingerprint density at radius 1 is 1.12 bits per heavy atom. The van der Waals surface area contributed by atoms with Crippen LogP contribution in [0.3, 0.4) is 0 Å². The average Bonchev–Trinajstić information content (AvgIpc) is 3.01. The lowest BCUT2D eigenvalue weighted by atomic mass is 9.94. The number of piperidine rings is 1. The van der Waals surface area contributed by atoms with Crippen LogP contribution in [0.5, 0.6) is 5.75 Å². The van der Waals surface area contributed by atoms with Gasteiger partial charge in [-0.2, -0.15) is 11.3 Å². The fourth-order valence-corrected chi connectivity index (χ4v) is 4.94. The third kappa shape index (κ3) is 3.94. The predicted octanol–water partition coefficient (Wildman–Crippen LogP) is 3.42. The fraction of sp³-hybridized carbons (Fsp3) is 0.476. The van der Waals surface area contributed by atoms with E-state index in [0.717, 1.165) is 43.9 Å². The van der Waals surface area contributed by atoms with Crippen LogP contribution in [0, 0.1) is 5.92 Å². The second-order valence-corrected chi connectivity index (χ2v) is 8.27. The molecule has 0 radical (unpaired) electrons. The monoisotopic (exact) mass is 370 g/mol. The highest BCUT2D eigenvalue weighted by atomic mass is 32.1. The highest BCUT2D eigenvalue weighted by Gasteiger charge is 2.36. The summed E-state index contributed by atoms with van der Waals surface area (Å²) in [6, 6.07) is 10.8. The van der Waals surface area contributed by atoms with Crippen molar-refractivity contribution < 1.29 is 9.53 Å². The second-order valence-electron chi connectivity index (χ2n) is 7.49. The summed E-state index contributed by atoms with van der Waals surface area (Å²) in [5.74, 6) is 1.79. The molecule has 0 N–H and O–H groups in total. The van der Waals surface area contributed by atoms with Crippen molar-refractivity contribution in [1.29, 1.82) is 0 Å². The molecule has 1 aromatic carbocycles. The summed E-state index contributed by atoms with van der Waals surface area (Å²) < 4.78 is 5.25. The highest BCUT2D eigenvalue weighted by Crippen LogP contribution is 2.29. The van der Waals surface area contributed by atoms with Gasteiger partial charge in [0.1, 0.15) is 5.75 Å². The Bertz CT molecular complexity index is 729. The summed E-state index contributed by atoms with van der Waals surface area (Å²) >= 11 is 1.66. The minimum atomic E-state index is 0.296. The molecule has 5 rings (SSSR count). The Morgan fingerprint density at radius 3 is 2.69 bits per heavy atom. The number of rotatable bonds is 5. The van der Waals surface area contributed by atoms with Crippen molar-refractivity contribution >= 4 is 17.2 Å². The number of hydrogen-bond acceptors (Lipinski definition) is 4. The van der Waals surface area contributed by atoms with Crippen molar-refractivity contribution in [3.8, 4) is 5.75 Å². The second kappa shape index (κ2) is 7.80. The number of nitrogens with zero attached hydrogens (tertiary/aromatic N) is 2. The SMILES string of the molecule is COc1ccc(CN2C[C@H]3CC[C@@H](C2)N(C(=O)Cc2ccsc2)C3)cc1. The van der Waals surface area contributed by atoms with Crippen molar-refractivity contribution in [3.05, 3.63) is 52.2 Å². The Hall–Kier alpha value is -1.85. The molecule has 3 fully saturated rings. The smallest absolute Gasteiger partial charge is 0.227 e. The van der Waals surface area contributed by atoms with Crippen molar-refractivity contribution in [2.75, 3.05) is 26.7 Å². The maximum absolute atomic E-state index is 12.8. The zero-order valence-electron chi connectivity index (χ0n) is 15.3. The number of ether oxygens (including phenoxy) is 1. The van der Waals surface area contributed by atoms with Gasteiger partial charge < -0.3 is 9.64 Å². The van der Waals surface area contributed by atoms with E-state index in [0.29, 0.717) is 24.3 Å². The van der Waals surface area contributed by atoms with Gasteiger partial charge in [-0.3, -0.25) is 9.69 Å². The fourth-order valence-electron chi connectivity index (χ4n) is 4.27. The van der Waals surface area contributed by atoms with E-state index >= 15 is 0 Å². The van der Waals surface area contributed by atoms with Crippen molar-refractivity contribution in [2.45, 2.75) is 31.8 Å². The van der Waals surface area contributed by atoms with E-state index in [2.05, 4.69) is 33.4 Å². The number of thiophene rings is 1. The third-order valence-electron chi connectivity index (χ3n) is 5.61. The molecule has 4 nitrogen and oxygen atoms in total. The third-order valence-corrected chi connectivity index (χ3v) is 6.34. The van der Waals surface area contributed by atoms with Gasteiger partial charge >= 0.3 is 0 Å². The predicted molar refractivity (Wildman–Crippen MR) is 105 cm³/mol. The first-order valence-corrected chi connectivity index (χ1v) is 10.3. The lowest BCUT2D eigenvalue weighted by Crippen LogP contribution is -2.47. The van der Waals surface area contributed by atoms with Crippen LogP contribution in [0.25, 0.3) is 0 Å². The van der Waals surface area contributed by atoms with Gasteiger partial charge in [-0.25, -0.2) is 0 Å². The van der Waals surface area contributed by atoms with Gasteiger partial charge in [0.2, 0.25) is 5.91 Å². The molecule has 1 amide bonds. The van der Waals surface area contributed by atoms with E-state index < -0.39 is 0 Å². The van der Waals surface area contributed by atoms with E-state index in [1.807, 2.05) is 17.5 Å². The minimum Gasteiger partial charge on any atom is -0.497 e. The lowest BCUT2D eigenvalue weighted by Gasteiger charge is -2.36. The highest BCUT2D eigenvalue weighted by molar-refractivity contribution is 7.08. The van der Waals surface area contributed by atoms with E-state index in [1.54, 1.807) is 18.4 Å². The molecule has 0 aliphatic carbocycles. The number of amides is 1. The van der Waals surface area contributed by atoms with Crippen LogP contribution in [-0.2, 0) is 17.8 Å². The topological polar surface area (TPSA) is 32.8 Å². The molecule has 0 spiro atoms. The number of methoxy groups -OCH3 is 1. The van der Waals surface area contributed by atoms with Crippen LogP contribution >= 0.6 is 11.3 Å². The zero-order chi connectivity index (χ0) is 17.9. The normalized spacial score (nSPS) is 23.0. The van der Waals surface area contributed by atoms with Crippen LogP contribution in [0.1, 0.15) is 24.0 Å².